The fourth-order valence-corrected chi connectivity index (χ4v) is 1.78. The van der Waals surface area contributed by atoms with Gasteiger partial charge in [-0.2, -0.15) is 5.26 Å². The lowest BCUT2D eigenvalue weighted by Gasteiger charge is -2.05. The highest BCUT2D eigenvalue weighted by Crippen LogP contribution is 2.26. The van der Waals surface area contributed by atoms with E-state index in [1.807, 2.05) is 6.07 Å². The molecule has 0 aliphatic heterocycles. The molecule has 2 nitrogen and oxygen atoms in total. The Bertz CT molecular complexity index is 573. The molecule has 0 aliphatic carbocycles. The van der Waals surface area contributed by atoms with Crippen LogP contribution in [-0.2, 0) is 6.42 Å². The summed E-state index contributed by atoms with van der Waals surface area (Å²) in [5, 5.41) is 8.88. The van der Waals surface area contributed by atoms with Crippen LogP contribution in [0.3, 0.4) is 0 Å². The average Bonchev–Trinajstić information content (AvgIpc) is 2.31. The summed E-state index contributed by atoms with van der Waals surface area (Å²) in [5.41, 5.74) is 2.16. The molecular formula is C13H8ClFN2. The largest absolute Gasteiger partial charge is 0.239 e. The van der Waals surface area contributed by atoms with Crippen molar-refractivity contribution in [1.82, 2.24) is 4.98 Å². The van der Waals surface area contributed by atoms with Gasteiger partial charge < -0.3 is 0 Å². The molecule has 0 aliphatic rings. The van der Waals surface area contributed by atoms with Gasteiger partial charge in [0, 0.05) is 5.56 Å². The van der Waals surface area contributed by atoms with Crippen molar-refractivity contribution in [2.75, 3.05) is 0 Å². The Hall–Kier alpha value is -1.92. The fraction of sp³-hybridized carbons (Fsp3) is 0.0769. The summed E-state index contributed by atoms with van der Waals surface area (Å²) in [7, 11) is 0. The van der Waals surface area contributed by atoms with Crippen LogP contribution < -0.4 is 0 Å². The van der Waals surface area contributed by atoms with E-state index in [9.17, 15) is 4.39 Å². The van der Waals surface area contributed by atoms with Crippen LogP contribution in [0.5, 0.6) is 0 Å². The van der Waals surface area contributed by atoms with E-state index in [-0.39, 0.29) is 12.2 Å². The maximum atomic E-state index is 12.8. The standard InChI is InChI=1S/C13H8ClFN2/c14-13-12(6-5-11(17-13)7-8-16)9-1-3-10(15)4-2-9/h1-6H,7H2. The van der Waals surface area contributed by atoms with Crippen molar-refractivity contribution >= 4 is 11.6 Å². The van der Waals surface area contributed by atoms with Gasteiger partial charge >= 0.3 is 0 Å². The van der Waals surface area contributed by atoms with Crippen LogP contribution in [0, 0.1) is 17.1 Å². The van der Waals surface area contributed by atoms with Crippen LogP contribution in [0.4, 0.5) is 4.39 Å². The molecule has 0 amide bonds. The van der Waals surface area contributed by atoms with E-state index in [0.29, 0.717) is 10.8 Å². The predicted octanol–water partition coefficient (Wildman–Crippen LogP) is 3.61. The smallest absolute Gasteiger partial charge is 0.137 e. The Morgan fingerprint density at radius 3 is 2.47 bits per heavy atom. The van der Waals surface area contributed by atoms with Crippen molar-refractivity contribution in [3.8, 4) is 17.2 Å². The van der Waals surface area contributed by atoms with E-state index in [4.69, 9.17) is 16.9 Å². The first kappa shape index (κ1) is 11.6. The second-order valence-corrected chi connectivity index (χ2v) is 3.84. The molecule has 17 heavy (non-hydrogen) atoms. The third-order valence-corrected chi connectivity index (χ3v) is 2.61. The van der Waals surface area contributed by atoms with Gasteiger partial charge in [-0.05, 0) is 29.8 Å². The maximum Gasteiger partial charge on any atom is 0.137 e. The Morgan fingerprint density at radius 2 is 1.88 bits per heavy atom. The van der Waals surface area contributed by atoms with Crippen LogP contribution in [0.2, 0.25) is 5.15 Å². The SMILES string of the molecule is N#CCc1ccc(-c2ccc(F)cc2)c(Cl)n1. The van der Waals surface area contributed by atoms with E-state index >= 15 is 0 Å². The zero-order chi connectivity index (χ0) is 12.3. The molecule has 0 N–H and O–H groups in total. The Labute approximate surface area is 103 Å². The number of halogens is 2. The number of nitrogens with zero attached hydrogens (tertiary/aromatic N) is 2. The second-order valence-electron chi connectivity index (χ2n) is 3.48. The number of pyridine rings is 1. The minimum atomic E-state index is -0.293. The minimum absolute atomic E-state index is 0.226. The van der Waals surface area contributed by atoms with Crippen LogP contribution in [0.1, 0.15) is 5.69 Å². The topological polar surface area (TPSA) is 36.7 Å². The van der Waals surface area contributed by atoms with Crippen LogP contribution in [0.25, 0.3) is 11.1 Å². The molecule has 4 heteroatoms. The predicted molar refractivity (Wildman–Crippen MR) is 64.0 cm³/mol. The summed E-state index contributed by atoms with van der Waals surface area (Å²) in [4.78, 5) is 4.11. The van der Waals surface area contributed by atoms with Gasteiger partial charge in [-0.1, -0.05) is 23.7 Å². The average molecular weight is 247 g/mol. The lowest BCUT2D eigenvalue weighted by atomic mass is 10.1. The number of benzene rings is 1. The first-order valence-electron chi connectivity index (χ1n) is 4.99. The third-order valence-electron chi connectivity index (χ3n) is 2.32. The summed E-state index contributed by atoms with van der Waals surface area (Å²) in [6.45, 7) is 0. The molecule has 0 atom stereocenters. The first-order valence-corrected chi connectivity index (χ1v) is 5.37. The van der Waals surface area contributed by atoms with E-state index in [1.165, 1.54) is 12.1 Å². The maximum absolute atomic E-state index is 12.8. The van der Waals surface area contributed by atoms with E-state index in [2.05, 4.69) is 4.98 Å². The summed E-state index contributed by atoms with van der Waals surface area (Å²) in [6.07, 6.45) is 0.226. The second kappa shape index (κ2) is 4.94. The Balaban J connectivity index is 2.40. The van der Waals surface area contributed by atoms with E-state index in [0.717, 1.165) is 11.1 Å². The summed E-state index contributed by atoms with van der Waals surface area (Å²) in [5.74, 6) is -0.293. The van der Waals surface area contributed by atoms with Crippen molar-refractivity contribution in [2.24, 2.45) is 0 Å². The highest BCUT2D eigenvalue weighted by atomic mass is 35.5. The quantitative estimate of drug-likeness (QED) is 0.759. The summed E-state index contributed by atoms with van der Waals surface area (Å²) < 4.78 is 12.8. The highest BCUT2D eigenvalue weighted by molar-refractivity contribution is 6.32. The molecule has 0 spiro atoms. The number of hydrogen-bond acceptors (Lipinski definition) is 2. The number of hydrogen-bond donors (Lipinski definition) is 0. The number of aromatic nitrogens is 1. The van der Waals surface area contributed by atoms with Gasteiger partial charge in [0.25, 0.3) is 0 Å². The van der Waals surface area contributed by atoms with Crippen LogP contribution in [-0.4, -0.2) is 4.98 Å². The Morgan fingerprint density at radius 1 is 1.18 bits per heavy atom. The van der Waals surface area contributed by atoms with Crippen molar-refractivity contribution in [1.29, 1.82) is 5.26 Å². The number of rotatable bonds is 2. The minimum Gasteiger partial charge on any atom is -0.239 e. The molecule has 1 aromatic carbocycles. The molecule has 1 heterocycles. The van der Waals surface area contributed by atoms with Crippen LogP contribution >= 0.6 is 11.6 Å². The summed E-state index contributed by atoms with van der Waals surface area (Å²) in [6, 6.07) is 11.6. The van der Waals surface area contributed by atoms with E-state index in [1.54, 1.807) is 24.3 Å². The molecule has 0 radical (unpaired) electrons. The lowest BCUT2D eigenvalue weighted by molar-refractivity contribution is 0.628. The van der Waals surface area contributed by atoms with Gasteiger partial charge in [-0.25, -0.2) is 9.37 Å². The molecule has 0 fully saturated rings. The molecule has 0 saturated heterocycles. The first-order chi connectivity index (χ1) is 8.20. The van der Waals surface area contributed by atoms with Crippen LogP contribution in [0.15, 0.2) is 36.4 Å². The molecule has 0 saturated carbocycles. The normalized spacial score (nSPS) is 9.94. The van der Waals surface area contributed by atoms with Crippen molar-refractivity contribution < 1.29 is 4.39 Å². The fourth-order valence-electron chi connectivity index (χ4n) is 1.50. The molecule has 0 unspecified atom stereocenters. The van der Waals surface area contributed by atoms with Gasteiger partial charge in [-0.15, -0.1) is 0 Å². The molecule has 2 rings (SSSR count). The van der Waals surface area contributed by atoms with Crippen molar-refractivity contribution in [3.63, 3.8) is 0 Å². The zero-order valence-corrected chi connectivity index (χ0v) is 9.58. The highest BCUT2D eigenvalue weighted by Gasteiger charge is 2.06. The monoisotopic (exact) mass is 246 g/mol. The Kier molecular flexibility index (Phi) is 3.36. The van der Waals surface area contributed by atoms with Gasteiger partial charge in [0.15, 0.2) is 0 Å². The van der Waals surface area contributed by atoms with Gasteiger partial charge in [-0.3, -0.25) is 0 Å². The van der Waals surface area contributed by atoms with Crippen molar-refractivity contribution in [2.45, 2.75) is 6.42 Å². The summed E-state index contributed by atoms with van der Waals surface area (Å²) >= 11 is 6.03. The molecule has 84 valence electrons. The van der Waals surface area contributed by atoms with Crippen molar-refractivity contribution in [3.05, 3.63) is 53.1 Å². The van der Waals surface area contributed by atoms with Gasteiger partial charge in [0.2, 0.25) is 0 Å². The lowest BCUT2D eigenvalue weighted by Crippen LogP contribution is -1.90. The molecule has 1 aromatic heterocycles. The number of nitriles is 1. The van der Waals surface area contributed by atoms with Gasteiger partial charge in [0.05, 0.1) is 18.2 Å². The molecule has 0 bridgehead atoms. The van der Waals surface area contributed by atoms with Gasteiger partial charge in [0.1, 0.15) is 11.0 Å². The molecule has 2 aromatic rings. The zero-order valence-electron chi connectivity index (χ0n) is 8.82. The molecular weight excluding hydrogens is 239 g/mol. The third kappa shape index (κ3) is 2.61. The van der Waals surface area contributed by atoms with E-state index < -0.39 is 0 Å².